The summed E-state index contributed by atoms with van der Waals surface area (Å²) in [6.07, 6.45) is 0. The summed E-state index contributed by atoms with van der Waals surface area (Å²) >= 11 is 0. The zero-order chi connectivity index (χ0) is 26.5. The van der Waals surface area contributed by atoms with Gasteiger partial charge in [0.05, 0.1) is 0 Å². The maximum absolute atomic E-state index is 2.36. The third-order valence-electron chi connectivity index (χ3n) is 8.23. The zero-order valence-corrected chi connectivity index (χ0v) is 22.0. The molecule has 0 aliphatic heterocycles. The largest absolute Gasteiger partial charge is 0.0622 e. The van der Waals surface area contributed by atoms with Crippen molar-refractivity contribution in [2.45, 2.75) is 0 Å². The standard InChI is InChI=1S/C40H26/c1-2-11-27(12-3-1)31-23-22-29-15-10-20-37(38(29)26-31)40-35-18-8-6-16-33(35)39(34-17-7-9-19-36(34)40)32-24-21-28-13-4-5-14-30(28)25-32/h1-26H. The summed E-state index contributed by atoms with van der Waals surface area (Å²) in [5.74, 6) is 0. The van der Waals surface area contributed by atoms with Gasteiger partial charge in [0.2, 0.25) is 0 Å². The maximum Gasteiger partial charge on any atom is -0.00201 e. The Balaban J connectivity index is 1.47. The smallest absolute Gasteiger partial charge is 0.00201 e. The lowest BCUT2D eigenvalue weighted by molar-refractivity contribution is 1.64. The van der Waals surface area contributed by atoms with Crippen LogP contribution >= 0.6 is 0 Å². The molecule has 0 aliphatic rings. The zero-order valence-electron chi connectivity index (χ0n) is 22.0. The molecule has 0 N–H and O–H groups in total. The summed E-state index contributed by atoms with van der Waals surface area (Å²) in [5.41, 5.74) is 7.59. The fraction of sp³-hybridized carbons (Fsp3) is 0. The molecule has 0 aliphatic carbocycles. The number of fused-ring (bicyclic) bond motifs is 4. The molecule has 186 valence electrons. The predicted octanol–water partition coefficient (Wildman–Crippen LogP) is 11.3. The van der Waals surface area contributed by atoms with Crippen LogP contribution in [-0.2, 0) is 0 Å². The van der Waals surface area contributed by atoms with E-state index in [0.717, 1.165) is 0 Å². The van der Waals surface area contributed by atoms with Crippen LogP contribution in [0.25, 0.3) is 76.5 Å². The predicted molar refractivity (Wildman–Crippen MR) is 173 cm³/mol. The van der Waals surface area contributed by atoms with Crippen LogP contribution in [0.15, 0.2) is 158 Å². The van der Waals surface area contributed by atoms with Crippen molar-refractivity contribution in [2.24, 2.45) is 0 Å². The SMILES string of the molecule is c1ccc(-c2ccc3cccc(-c4c5ccccc5c(-c5ccc6ccccc6c5)c5ccccc45)c3c2)cc1. The van der Waals surface area contributed by atoms with Crippen molar-refractivity contribution in [1.29, 1.82) is 0 Å². The van der Waals surface area contributed by atoms with Gasteiger partial charge in [-0.05, 0) is 88.6 Å². The second kappa shape index (κ2) is 9.22. The Morgan fingerprint density at radius 1 is 0.250 bits per heavy atom. The molecule has 0 atom stereocenters. The number of hydrogen-bond donors (Lipinski definition) is 0. The van der Waals surface area contributed by atoms with Gasteiger partial charge in [0.25, 0.3) is 0 Å². The van der Waals surface area contributed by atoms with Gasteiger partial charge in [-0.2, -0.15) is 0 Å². The molecular formula is C40H26. The summed E-state index contributed by atoms with van der Waals surface area (Å²) in [6, 6.07) is 57.6. The van der Waals surface area contributed by atoms with Gasteiger partial charge in [-0.15, -0.1) is 0 Å². The third kappa shape index (κ3) is 3.61. The van der Waals surface area contributed by atoms with Gasteiger partial charge in [-0.3, -0.25) is 0 Å². The van der Waals surface area contributed by atoms with Crippen LogP contribution in [0, 0.1) is 0 Å². The second-order valence-corrected chi connectivity index (χ2v) is 10.5. The molecule has 0 amide bonds. The van der Waals surface area contributed by atoms with Crippen molar-refractivity contribution < 1.29 is 0 Å². The summed E-state index contributed by atoms with van der Waals surface area (Å²) < 4.78 is 0. The molecular weight excluding hydrogens is 480 g/mol. The molecule has 8 rings (SSSR count). The van der Waals surface area contributed by atoms with E-state index in [0.29, 0.717) is 0 Å². The van der Waals surface area contributed by atoms with E-state index < -0.39 is 0 Å². The molecule has 0 saturated heterocycles. The minimum Gasteiger partial charge on any atom is -0.0622 e. The van der Waals surface area contributed by atoms with Crippen LogP contribution in [0.3, 0.4) is 0 Å². The highest BCUT2D eigenvalue weighted by atomic mass is 14.2. The van der Waals surface area contributed by atoms with Gasteiger partial charge in [0.1, 0.15) is 0 Å². The first-order chi connectivity index (χ1) is 19.8. The monoisotopic (exact) mass is 506 g/mol. The lowest BCUT2D eigenvalue weighted by Crippen LogP contribution is -1.92. The highest BCUT2D eigenvalue weighted by Gasteiger charge is 2.18. The van der Waals surface area contributed by atoms with Crippen molar-refractivity contribution >= 4 is 43.1 Å². The normalized spacial score (nSPS) is 11.5. The van der Waals surface area contributed by atoms with E-state index in [-0.39, 0.29) is 0 Å². The average Bonchev–Trinajstić information content (AvgIpc) is 3.03. The third-order valence-corrected chi connectivity index (χ3v) is 8.23. The minimum absolute atomic E-state index is 1.24. The van der Waals surface area contributed by atoms with E-state index >= 15 is 0 Å². The molecule has 0 nitrogen and oxygen atoms in total. The molecule has 0 spiro atoms. The molecule has 0 unspecified atom stereocenters. The van der Waals surface area contributed by atoms with Gasteiger partial charge < -0.3 is 0 Å². The average molecular weight is 507 g/mol. The lowest BCUT2D eigenvalue weighted by atomic mass is 9.84. The lowest BCUT2D eigenvalue weighted by Gasteiger charge is -2.19. The molecule has 0 heteroatoms. The molecule has 0 radical (unpaired) electrons. The summed E-state index contributed by atoms with van der Waals surface area (Å²) in [5, 5.41) is 10.2. The summed E-state index contributed by atoms with van der Waals surface area (Å²) in [7, 11) is 0. The fourth-order valence-corrected chi connectivity index (χ4v) is 6.38. The van der Waals surface area contributed by atoms with Crippen molar-refractivity contribution in [2.75, 3.05) is 0 Å². The Morgan fingerprint density at radius 2 is 0.800 bits per heavy atom. The van der Waals surface area contributed by atoms with Crippen molar-refractivity contribution in [3.8, 4) is 33.4 Å². The van der Waals surface area contributed by atoms with E-state index in [1.807, 2.05) is 0 Å². The van der Waals surface area contributed by atoms with E-state index in [4.69, 9.17) is 0 Å². The maximum atomic E-state index is 2.36. The van der Waals surface area contributed by atoms with E-state index in [2.05, 4.69) is 158 Å². The van der Waals surface area contributed by atoms with Crippen LogP contribution in [0.5, 0.6) is 0 Å². The van der Waals surface area contributed by atoms with Crippen LogP contribution in [0.4, 0.5) is 0 Å². The Morgan fingerprint density at radius 3 is 1.52 bits per heavy atom. The van der Waals surface area contributed by atoms with Crippen molar-refractivity contribution in [3.63, 3.8) is 0 Å². The van der Waals surface area contributed by atoms with Crippen molar-refractivity contribution in [1.82, 2.24) is 0 Å². The topological polar surface area (TPSA) is 0 Å². The molecule has 0 heterocycles. The summed E-state index contributed by atoms with van der Waals surface area (Å²) in [4.78, 5) is 0. The Bertz CT molecular complexity index is 2150. The molecule has 40 heavy (non-hydrogen) atoms. The van der Waals surface area contributed by atoms with Crippen molar-refractivity contribution in [3.05, 3.63) is 158 Å². The first kappa shape index (κ1) is 22.8. The molecule has 0 saturated carbocycles. The molecule has 0 bridgehead atoms. The molecule has 0 fully saturated rings. The van der Waals surface area contributed by atoms with Crippen LogP contribution in [0.1, 0.15) is 0 Å². The van der Waals surface area contributed by atoms with Gasteiger partial charge in [-0.1, -0.05) is 146 Å². The fourth-order valence-electron chi connectivity index (χ4n) is 6.38. The van der Waals surface area contributed by atoms with Gasteiger partial charge in [0.15, 0.2) is 0 Å². The van der Waals surface area contributed by atoms with Gasteiger partial charge in [-0.25, -0.2) is 0 Å². The first-order valence-electron chi connectivity index (χ1n) is 13.9. The Kier molecular flexibility index (Phi) is 5.24. The Hall–Kier alpha value is -5.20. The highest BCUT2D eigenvalue weighted by molar-refractivity contribution is 6.23. The van der Waals surface area contributed by atoms with E-state index in [1.165, 1.54) is 76.5 Å². The number of benzene rings is 8. The van der Waals surface area contributed by atoms with E-state index in [9.17, 15) is 0 Å². The summed E-state index contributed by atoms with van der Waals surface area (Å²) in [6.45, 7) is 0. The first-order valence-corrected chi connectivity index (χ1v) is 13.9. The quantitative estimate of drug-likeness (QED) is 0.209. The second-order valence-electron chi connectivity index (χ2n) is 10.5. The molecule has 8 aromatic rings. The Labute approximate surface area is 233 Å². The van der Waals surface area contributed by atoms with E-state index in [1.54, 1.807) is 0 Å². The van der Waals surface area contributed by atoms with Gasteiger partial charge in [0, 0.05) is 0 Å². The minimum atomic E-state index is 1.24. The molecule has 8 aromatic carbocycles. The van der Waals surface area contributed by atoms with Crippen LogP contribution in [0.2, 0.25) is 0 Å². The van der Waals surface area contributed by atoms with Gasteiger partial charge >= 0.3 is 0 Å². The number of hydrogen-bond acceptors (Lipinski definition) is 0. The van der Waals surface area contributed by atoms with Crippen LogP contribution < -0.4 is 0 Å². The highest BCUT2D eigenvalue weighted by Crippen LogP contribution is 2.45. The van der Waals surface area contributed by atoms with Crippen LogP contribution in [-0.4, -0.2) is 0 Å². The molecule has 0 aromatic heterocycles. The number of rotatable bonds is 3.